The summed E-state index contributed by atoms with van der Waals surface area (Å²) in [5.41, 5.74) is 0.950. The Morgan fingerprint density at radius 1 is 1.60 bits per heavy atom. The van der Waals surface area contributed by atoms with Crippen molar-refractivity contribution in [2.24, 2.45) is 0 Å². The Morgan fingerprint density at radius 2 is 2.47 bits per heavy atom. The lowest BCUT2D eigenvalue weighted by molar-refractivity contribution is 0.174. The fourth-order valence-electron chi connectivity index (χ4n) is 1.47. The van der Waals surface area contributed by atoms with E-state index in [0.717, 1.165) is 17.9 Å². The first-order chi connectivity index (χ1) is 7.31. The van der Waals surface area contributed by atoms with E-state index in [0.29, 0.717) is 6.42 Å². The molecule has 80 valence electrons. The molecule has 0 aromatic carbocycles. The van der Waals surface area contributed by atoms with E-state index in [1.54, 1.807) is 16.0 Å². The summed E-state index contributed by atoms with van der Waals surface area (Å²) >= 11 is 1.59. The summed E-state index contributed by atoms with van der Waals surface area (Å²) in [5.74, 6) is 0.830. The first kappa shape index (κ1) is 10.3. The summed E-state index contributed by atoms with van der Waals surface area (Å²) in [6.45, 7) is 2.79. The molecule has 2 aromatic rings. The molecule has 0 aliphatic heterocycles. The molecule has 0 spiro atoms. The van der Waals surface area contributed by atoms with Crippen molar-refractivity contribution in [3.05, 3.63) is 34.5 Å². The molecule has 5 heteroatoms. The van der Waals surface area contributed by atoms with Crippen molar-refractivity contribution >= 4 is 11.3 Å². The Labute approximate surface area is 92.2 Å². The minimum atomic E-state index is -0.481. The van der Waals surface area contributed by atoms with Crippen LogP contribution >= 0.6 is 11.3 Å². The molecule has 0 radical (unpaired) electrons. The van der Waals surface area contributed by atoms with E-state index >= 15 is 0 Å². The largest absolute Gasteiger partial charge is 0.388 e. The maximum atomic E-state index is 9.93. The van der Waals surface area contributed by atoms with Crippen LogP contribution in [0.1, 0.15) is 24.4 Å². The predicted octanol–water partition coefficient (Wildman–Crippen LogP) is 1.64. The van der Waals surface area contributed by atoms with Crippen molar-refractivity contribution in [1.82, 2.24) is 14.8 Å². The molecule has 15 heavy (non-hydrogen) atoms. The van der Waals surface area contributed by atoms with Gasteiger partial charge in [-0.3, -0.25) is 4.68 Å². The molecule has 0 amide bonds. The van der Waals surface area contributed by atoms with Gasteiger partial charge in [0.25, 0.3) is 0 Å². The number of hydrogen-bond acceptors (Lipinski definition) is 4. The summed E-state index contributed by atoms with van der Waals surface area (Å²) < 4.78 is 1.80. The molecule has 1 unspecified atom stereocenters. The number of aliphatic hydroxyl groups is 1. The van der Waals surface area contributed by atoms with Gasteiger partial charge in [-0.25, -0.2) is 4.98 Å². The molecule has 0 aliphatic carbocycles. The quantitative estimate of drug-likeness (QED) is 0.857. The van der Waals surface area contributed by atoms with Crippen molar-refractivity contribution in [2.45, 2.75) is 26.0 Å². The highest BCUT2D eigenvalue weighted by molar-refractivity contribution is 7.07. The van der Waals surface area contributed by atoms with Crippen LogP contribution in [0.5, 0.6) is 0 Å². The van der Waals surface area contributed by atoms with E-state index in [1.165, 1.54) is 6.33 Å². The molecule has 2 aromatic heterocycles. The van der Waals surface area contributed by atoms with Crippen molar-refractivity contribution in [2.75, 3.05) is 0 Å². The van der Waals surface area contributed by atoms with Gasteiger partial charge in [0, 0.05) is 13.0 Å². The number of rotatable bonds is 4. The van der Waals surface area contributed by atoms with E-state index in [-0.39, 0.29) is 0 Å². The van der Waals surface area contributed by atoms with E-state index in [4.69, 9.17) is 0 Å². The molecule has 0 saturated heterocycles. The molecule has 0 saturated carbocycles. The Morgan fingerprint density at radius 3 is 3.13 bits per heavy atom. The minimum Gasteiger partial charge on any atom is -0.388 e. The monoisotopic (exact) mass is 223 g/mol. The van der Waals surface area contributed by atoms with Crippen LogP contribution in [-0.4, -0.2) is 19.9 Å². The highest BCUT2D eigenvalue weighted by Gasteiger charge is 2.12. The van der Waals surface area contributed by atoms with Gasteiger partial charge >= 0.3 is 0 Å². The second kappa shape index (κ2) is 4.55. The van der Waals surface area contributed by atoms with E-state index in [2.05, 4.69) is 10.1 Å². The van der Waals surface area contributed by atoms with E-state index < -0.39 is 6.10 Å². The summed E-state index contributed by atoms with van der Waals surface area (Å²) in [7, 11) is 0. The van der Waals surface area contributed by atoms with Gasteiger partial charge in [-0.2, -0.15) is 16.4 Å². The Balaban J connectivity index is 2.09. The number of nitrogens with zero attached hydrogens (tertiary/aromatic N) is 3. The summed E-state index contributed by atoms with van der Waals surface area (Å²) in [6, 6.07) is 1.93. The Kier molecular flexibility index (Phi) is 3.13. The van der Waals surface area contributed by atoms with Crippen molar-refractivity contribution < 1.29 is 5.11 Å². The maximum Gasteiger partial charge on any atom is 0.138 e. The van der Waals surface area contributed by atoms with Gasteiger partial charge in [0.15, 0.2) is 0 Å². The third kappa shape index (κ3) is 2.24. The summed E-state index contributed by atoms with van der Waals surface area (Å²) in [4.78, 5) is 4.13. The molecule has 0 aliphatic rings. The Bertz CT molecular complexity index is 410. The van der Waals surface area contributed by atoms with Crippen LogP contribution in [0.2, 0.25) is 0 Å². The van der Waals surface area contributed by atoms with Crippen LogP contribution in [0.3, 0.4) is 0 Å². The first-order valence-electron chi connectivity index (χ1n) is 4.88. The second-order valence-electron chi connectivity index (χ2n) is 3.27. The smallest absolute Gasteiger partial charge is 0.138 e. The van der Waals surface area contributed by atoms with Gasteiger partial charge in [-0.05, 0) is 29.3 Å². The van der Waals surface area contributed by atoms with Crippen molar-refractivity contribution in [3.63, 3.8) is 0 Å². The molecule has 2 rings (SSSR count). The minimum absolute atomic E-state index is 0.481. The molecular weight excluding hydrogens is 210 g/mol. The zero-order valence-electron chi connectivity index (χ0n) is 8.50. The molecular formula is C10H13N3OS. The number of aryl methyl sites for hydroxylation is 1. The molecule has 0 bridgehead atoms. The zero-order valence-corrected chi connectivity index (χ0v) is 9.31. The van der Waals surface area contributed by atoms with E-state index in [1.807, 2.05) is 23.8 Å². The lowest BCUT2D eigenvalue weighted by Crippen LogP contribution is -2.08. The van der Waals surface area contributed by atoms with Crippen molar-refractivity contribution in [1.29, 1.82) is 0 Å². The maximum absolute atomic E-state index is 9.93. The van der Waals surface area contributed by atoms with Crippen LogP contribution in [0.15, 0.2) is 23.2 Å². The number of thiophene rings is 1. The van der Waals surface area contributed by atoms with Gasteiger partial charge < -0.3 is 5.11 Å². The molecule has 0 fully saturated rings. The van der Waals surface area contributed by atoms with Crippen LogP contribution in [0.25, 0.3) is 0 Å². The number of aromatic nitrogens is 3. The average Bonchev–Trinajstić information content (AvgIpc) is 2.87. The van der Waals surface area contributed by atoms with Gasteiger partial charge in [-0.1, -0.05) is 0 Å². The molecule has 4 nitrogen and oxygen atoms in total. The topological polar surface area (TPSA) is 50.9 Å². The van der Waals surface area contributed by atoms with Crippen LogP contribution in [0, 0.1) is 0 Å². The Hall–Kier alpha value is -1.20. The molecule has 1 atom stereocenters. The SMILES string of the molecule is CCn1ncnc1CC(O)c1ccsc1. The zero-order chi connectivity index (χ0) is 10.7. The fraction of sp³-hybridized carbons (Fsp3) is 0.400. The van der Waals surface area contributed by atoms with Gasteiger partial charge in [-0.15, -0.1) is 0 Å². The van der Waals surface area contributed by atoms with Gasteiger partial charge in [0.05, 0.1) is 6.10 Å². The highest BCUT2D eigenvalue weighted by Crippen LogP contribution is 2.19. The van der Waals surface area contributed by atoms with Crippen LogP contribution in [-0.2, 0) is 13.0 Å². The molecule has 1 N–H and O–H groups in total. The lowest BCUT2D eigenvalue weighted by atomic mass is 10.1. The standard InChI is InChI=1S/C10H13N3OS/c1-2-13-10(11-7-12-13)5-9(14)8-3-4-15-6-8/h3-4,6-7,9,14H,2,5H2,1H3. The van der Waals surface area contributed by atoms with Gasteiger partial charge in [0.2, 0.25) is 0 Å². The van der Waals surface area contributed by atoms with Crippen LogP contribution in [0.4, 0.5) is 0 Å². The third-order valence-electron chi connectivity index (χ3n) is 2.30. The van der Waals surface area contributed by atoms with Crippen LogP contribution < -0.4 is 0 Å². The number of aliphatic hydroxyl groups excluding tert-OH is 1. The first-order valence-corrected chi connectivity index (χ1v) is 5.82. The van der Waals surface area contributed by atoms with Crippen molar-refractivity contribution in [3.8, 4) is 0 Å². The van der Waals surface area contributed by atoms with E-state index in [9.17, 15) is 5.11 Å². The third-order valence-corrected chi connectivity index (χ3v) is 3.00. The summed E-state index contributed by atoms with van der Waals surface area (Å²) in [6.07, 6.45) is 1.56. The number of hydrogen-bond donors (Lipinski definition) is 1. The second-order valence-corrected chi connectivity index (χ2v) is 4.05. The summed E-state index contributed by atoms with van der Waals surface area (Å²) in [5, 5.41) is 17.9. The predicted molar refractivity (Wildman–Crippen MR) is 58.7 cm³/mol. The fourth-order valence-corrected chi connectivity index (χ4v) is 2.17. The van der Waals surface area contributed by atoms with Gasteiger partial charge in [0.1, 0.15) is 12.2 Å². The molecule has 2 heterocycles. The average molecular weight is 223 g/mol. The normalized spacial score (nSPS) is 12.9. The lowest BCUT2D eigenvalue weighted by Gasteiger charge is -2.08. The highest BCUT2D eigenvalue weighted by atomic mass is 32.1.